The van der Waals surface area contributed by atoms with Crippen molar-refractivity contribution in [1.82, 2.24) is 9.80 Å². The van der Waals surface area contributed by atoms with Crippen LogP contribution in [0.1, 0.15) is 26.4 Å². The molecule has 0 aliphatic carbocycles. The van der Waals surface area contributed by atoms with Gasteiger partial charge in [0.25, 0.3) is 0 Å². The molecule has 9 heteroatoms. The van der Waals surface area contributed by atoms with Crippen LogP contribution in [0.3, 0.4) is 0 Å². The number of aryl methyl sites for hydroxylation is 1. The lowest BCUT2D eigenvalue weighted by atomic mass is 10.1. The Kier molecular flexibility index (Phi) is 7.76. The predicted molar refractivity (Wildman–Crippen MR) is 122 cm³/mol. The zero-order valence-corrected chi connectivity index (χ0v) is 19.6. The number of anilines is 1. The van der Waals surface area contributed by atoms with Crippen molar-refractivity contribution in [2.45, 2.75) is 20.4 Å². The minimum Gasteiger partial charge on any atom is -0.465 e. The van der Waals surface area contributed by atoms with E-state index < -0.39 is 5.97 Å². The van der Waals surface area contributed by atoms with E-state index in [1.807, 2.05) is 32.0 Å². The third-order valence-corrected chi connectivity index (χ3v) is 7.13. The molecule has 1 aliphatic heterocycles. The highest BCUT2D eigenvalue weighted by Gasteiger charge is 2.24. The van der Waals surface area contributed by atoms with Gasteiger partial charge in [-0.1, -0.05) is 29.3 Å². The number of methoxy groups -OCH3 is 1. The van der Waals surface area contributed by atoms with E-state index in [1.54, 1.807) is 0 Å². The van der Waals surface area contributed by atoms with Gasteiger partial charge in [-0.3, -0.25) is 14.6 Å². The highest BCUT2D eigenvalue weighted by molar-refractivity contribution is 7.16. The molecular formula is C21H25Cl2N3O3S. The standard InChI is InChI=1S/C21H25Cl2N3O3S/c1-13-14(2)30-20(19(13)21(28)29-3)24-18(27)12-26-9-7-25(8-10-26)11-15-16(22)5-4-6-17(15)23/h4-6H,7-12H2,1-3H3,(H,24,27). The maximum atomic E-state index is 12.6. The van der Waals surface area contributed by atoms with Crippen molar-refractivity contribution < 1.29 is 14.3 Å². The third-order valence-electron chi connectivity index (χ3n) is 5.30. The topological polar surface area (TPSA) is 61.9 Å². The molecule has 6 nitrogen and oxygen atoms in total. The highest BCUT2D eigenvalue weighted by Crippen LogP contribution is 2.33. The van der Waals surface area contributed by atoms with E-state index >= 15 is 0 Å². The van der Waals surface area contributed by atoms with E-state index in [-0.39, 0.29) is 12.5 Å². The van der Waals surface area contributed by atoms with Gasteiger partial charge in [-0.2, -0.15) is 0 Å². The fourth-order valence-electron chi connectivity index (χ4n) is 3.44. The van der Waals surface area contributed by atoms with Crippen LogP contribution in [0, 0.1) is 13.8 Å². The Morgan fingerprint density at radius 3 is 2.30 bits per heavy atom. The summed E-state index contributed by atoms with van der Waals surface area (Å²) in [4.78, 5) is 30.0. The number of hydrogen-bond acceptors (Lipinski definition) is 6. The van der Waals surface area contributed by atoms with E-state index in [4.69, 9.17) is 27.9 Å². The van der Waals surface area contributed by atoms with Crippen molar-refractivity contribution in [3.8, 4) is 0 Å². The van der Waals surface area contributed by atoms with Crippen LogP contribution < -0.4 is 5.32 Å². The first kappa shape index (κ1) is 23.0. The van der Waals surface area contributed by atoms with Crippen LogP contribution in [-0.2, 0) is 16.1 Å². The van der Waals surface area contributed by atoms with Crippen molar-refractivity contribution in [2.75, 3.05) is 45.2 Å². The van der Waals surface area contributed by atoms with Gasteiger partial charge in [0.2, 0.25) is 5.91 Å². The maximum Gasteiger partial charge on any atom is 0.341 e. The normalized spacial score (nSPS) is 15.2. The van der Waals surface area contributed by atoms with Gasteiger partial charge in [0, 0.05) is 53.2 Å². The van der Waals surface area contributed by atoms with Crippen molar-refractivity contribution >= 4 is 51.4 Å². The van der Waals surface area contributed by atoms with E-state index in [9.17, 15) is 9.59 Å². The summed E-state index contributed by atoms with van der Waals surface area (Å²) in [6.45, 7) is 7.92. The predicted octanol–water partition coefficient (Wildman–Crippen LogP) is 4.21. The first-order valence-electron chi connectivity index (χ1n) is 9.66. The number of ether oxygens (including phenoxy) is 1. The molecular weight excluding hydrogens is 445 g/mol. The second-order valence-electron chi connectivity index (χ2n) is 7.28. The minimum atomic E-state index is -0.431. The zero-order valence-electron chi connectivity index (χ0n) is 17.3. The molecule has 1 saturated heterocycles. The van der Waals surface area contributed by atoms with Gasteiger partial charge in [-0.15, -0.1) is 11.3 Å². The van der Waals surface area contributed by atoms with Gasteiger partial charge >= 0.3 is 5.97 Å². The number of thiophene rings is 1. The van der Waals surface area contributed by atoms with Crippen LogP contribution in [0.2, 0.25) is 10.0 Å². The Bertz CT molecular complexity index is 920. The molecule has 0 saturated carbocycles. The number of piperazine rings is 1. The van der Waals surface area contributed by atoms with Gasteiger partial charge in [0.1, 0.15) is 5.00 Å². The first-order valence-corrected chi connectivity index (χ1v) is 11.2. The molecule has 1 aromatic heterocycles. The molecule has 0 atom stereocenters. The van der Waals surface area contributed by atoms with Crippen molar-refractivity contribution in [3.63, 3.8) is 0 Å². The summed E-state index contributed by atoms with van der Waals surface area (Å²) in [5.74, 6) is -0.567. The maximum absolute atomic E-state index is 12.6. The molecule has 1 fully saturated rings. The quantitative estimate of drug-likeness (QED) is 0.641. The lowest BCUT2D eigenvalue weighted by molar-refractivity contribution is -0.117. The fraction of sp³-hybridized carbons (Fsp3) is 0.429. The summed E-state index contributed by atoms with van der Waals surface area (Å²) in [6.07, 6.45) is 0. The summed E-state index contributed by atoms with van der Waals surface area (Å²) >= 11 is 13.9. The number of benzene rings is 1. The lowest BCUT2D eigenvalue weighted by Gasteiger charge is -2.34. The fourth-order valence-corrected chi connectivity index (χ4v) is 5.03. The van der Waals surface area contributed by atoms with E-state index in [1.165, 1.54) is 18.4 Å². The molecule has 0 bridgehead atoms. The largest absolute Gasteiger partial charge is 0.465 e. The summed E-state index contributed by atoms with van der Waals surface area (Å²) in [5.41, 5.74) is 2.22. The molecule has 3 rings (SSSR count). The molecule has 0 spiro atoms. The molecule has 1 N–H and O–H groups in total. The van der Waals surface area contributed by atoms with Gasteiger partial charge in [-0.05, 0) is 31.5 Å². The van der Waals surface area contributed by atoms with Crippen LogP contribution >= 0.6 is 34.5 Å². The molecule has 30 heavy (non-hydrogen) atoms. The number of nitrogens with zero attached hydrogens (tertiary/aromatic N) is 2. The number of rotatable bonds is 6. The van der Waals surface area contributed by atoms with Crippen LogP contribution in [0.15, 0.2) is 18.2 Å². The summed E-state index contributed by atoms with van der Waals surface area (Å²) in [6, 6.07) is 5.53. The summed E-state index contributed by atoms with van der Waals surface area (Å²) in [7, 11) is 1.34. The SMILES string of the molecule is COC(=O)c1c(NC(=O)CN2CCN(Cc3c(Cl)cccc3Cl)CC2)sc(C)c1C. The molecule has 0 radical (unpaired) electrons. The monoisotopic (exact) mass is 469 g/mol. The summed E-state index contributed by atoms with van der Waals surface area (Å²) in [5, 5.41) is 4.79. The second kappa shape index (κ2) is 10.1. The van der Waals surface area contributed by atoms with Crippen LogP contribution in [0.5, 0.6) is 0 Å². The lowest BCUT2D eigenvalue weighted by Crippen LogP contribution is -2.48. The number of amides is 1. The Morgan fingerprint density at radius 2 is 1.70 bits per heavy atom. The minimum absolute atomic E-state index is 0.135. The van der Waals surface area contributed by atoms with Crippen molar-refractivity contribution in [2.24, 2.45) is 0 Å². The molecule has 162 valence electrons. The number of carbonyl (C=O) groups is 2. The molecule has 2 heterocycles. The Balaban J connectivity index is 1.54. The van der Waals surface area contributed by atoms with Crippen molar-refractivity contribution in [1.29, 1.82) is 0 Å². The Labute approximate surface area is 190 Å². The Morgan fingerprint density at radius 1 is 1.10 bits per heavy atom. The number of nitrogens with one attached hydrogen (secondary N) is 1. The third kappa shape index (κ3) is 5.34. The number of hydrogen-bond donors (Lipinski definition) is 1. The van der Waals surface area contributed by atoms with Crippen LogP contribution in [-0.4, -0.2) is 61.5 Å². The van der Waals surface area contributed by atoms with Gasteiger partial charge in [0.05, 0.1) is 19.2 Å². The van der Waals surface area contributed by atoms with Gasteiger partial charge in [0.15, 0.2) is 0 Å². The average molecular weight is 470 g/mol. The molecule has 1 aromatic carbocycles. The van der Waals surface area contributed by atoms with Gasteiger partial charge in [-0.25, -0.2) is 4.79 Å². The van der Waals surface area contributed by atoms with Crippen LogP contribution in [0.25, 0.3) is 0 Å². The molecule has 0 unspecified atom stereocenters. The number of esters is 1. The second-order valence-corrected chi connectivity index (χ2v) is 9.32. The van der Waals surface area contributed by atoms with Gasteiger partial charge < -0.3 is 10.1 Å². The average Bonchev–Trinajstić information content (AvgIpc) is 2.98. The zero-order chi connectivity index (χ0) is 21.8. The first-order chi connectivity index (χ1) is 14.3. The van der Waals surface area contributed by atoms with Crippen molar-refractivity contribution in [3.05, 3.63) is 49.8 Å². The molecule has 1 amide bonds. The van der Waals surface area contributed by atoms with Crippen LogP contribution in [0.4, 0.5) is 5.00 Å². The number of carbonyl (C=O) groups excluding carboxylic acids is 2. The smallest absolute Gasteiger partial charge is 0.341 e. The van der Waals surface area contributed by atoms with E-state index in [0.29, 0.717) is 27.2 Å². The summed E-state index contributed by atoms with van der Waals surface area (Å²) < 4.78 is 4.86. The van der Waals surface area contributed by atoms with E-state index in [2.05, 4.69) is 15.1 Å². The highest BCUT2D eigenvalue weighted by atomic mass is 35.5. The molecule has 1 aliphatic rings. The number of halogens is 2. The Hall–Kier alpha value is -1.64. The molecule has 2 aromatic rings. The van der Waals surface area contributed by atoms with E-state index in [0.717, 1.165) is 42.2 Å².